The maximum Gasteiger partial charge on any atom is 0.161 e. The molecule has 250 valence electrons. The minimum Gasteiger partial charge on any atom is -0.453 e. The highest BCUT2D eigenvalue weighted by Gasteiger charge is 2.21. The molecule has 0 aliphatic carbocycles. The monoisotopic (exact) mass is 678 g/mol. The molecule has 3 nitrogen and oxygen atoms in total. The third-order valence-corrected chi connectivity index (χ3v) is 10.2. The summed E-state index contributed by atoms with van der Waals surface area (Å²) in [5, 5.41) is 2.21. The van der Waals surface area contributed by atoms with Gasteiger partial charge in [0, 0.05) is 39.1 Å². The Labute approximate surface area is 308 Å². The quantitative estimate of drug-likeness (QED) is 0.167. The van der Waals surface area contributed by atoms with Crippen molar-refractivity contribution in [3.05, 3.63) is 206 Å². The smallest absolute Gasteiger partial charge is 0.161 e. The first-order valence-corrected chi connectivity index (χ1v) is 18.0. The van der Waals surface area contributed by atoms with Crippen LogP contribution in [0.15, 0.2) is 211 Å². The number of furan rings is 1. The van der Waals surface area contributed by atoms with Crippen molar-refractivity contribution in [2.45, 2.75) is 0 Å². The summed E-state index contributed by atoms with van der Waals surface area (Å²) >= 11 is 0. The van der Waals surface area contributed by atoms with Crippen LogP contribution in [0.3, 0.4) is 0 Å². The summed E-state index contributed by atoms with van der Waals surface area (Å²) in [6, 6.07) is 73.1. The molecule has 0 saturated carbocycles. The van der Waals surface area contributed by atoms with Crippen molar-refractivity contribution in [1.82, 2.24) is 4.57 Å². The van der Waals surface area contributed by atoms with E-state index in [0.29, 0.717) is 0 Å². The molecule has 0 amide bonds. The zero-order valence-electron chi connectivity index (χ0n) is 28.9. The van der Waals surface area contributed by atoms with Gasteiger partial charge in [0.25, 0.3) is 0 Å². The fourth-order valence-electron chi connectivity index (χ4n) is 7.67. The first-order valence-electron chi connectivity index (χ1n) is 18.0. The molecule has 0 saturated heterocycles. The highest BCUT2D eigenvalue weighted by Crippen LogP contribution is 2.43. The van der Waals surface area contributed by atoms with Gasteiger partial charge in [-0.2, -0.15) is 0 Å². The van der Waals surface area contributed by atoms with Gasteiger partial charge >= 0.3 is 0 Å². The Morgan fingerprint density at radius 3 is 1.45 bits per heavy atom. The SMILES string of the molecule is c1ccc(-c2ccc(-c3ccc(N(c4ccccc4)c4ccc(-c5cccc6c5oc5c7ccccc7n(-c7ccccc7)c65)cc4)cc3)cc2)cc1. The second-order valence-corrected chi connectivity index (χ2v) is 13.4. The van der Waals surface area contributed by atoms with Gasteiger partial charge in [-0.25, -0.2) is 0 Å². The molecule has 10 rings (SSSR count). The average Bonchev–Trinajstić information content (AvgIpc) is 3.78. The molecule has 8 aromatic carbocycles. The molecule has 3 heteroatoms. The molecule has 0 aliphatic heterocycles. The Balaban J connectivity index is 1.02. The fourth-order valence-corrected chi connectivity index (χ4v) is 7.67. The molecule has 0 atom stereocenters. The lowest BCUT2D eigenvalue weighted by molar-refractivity contribution is 0.674. The zero-order chi connectivity index (χ0) is 35.1. The van der Waals surface area contributed by atoms with Gasteiger partial charge in [0.15, 0.2) is 5.58 Å². The summed E-state index contributed by atoms with van der Waals surface area (Å²) in [6.45, 7) is 0. The van der Waals surface area contributed by atoms with Crippen molar-refractivity contribution in [3.8, 4) is 39.1 Å². The number of para-hydroxylation sites is 4. The molecule has 53 heavy (non-hydrogen) atoms. The molecule has 0 radical (unpaired) electrons. The summed E-state index contributed by atoms with van der Waals surface area (Å²) in [6.07, 6.45) is 0. The van der Waals surface area contributed by atoms with Crippen LogP contribution in [-0.2, 0) is 0 Å². The molecule has 2 aromatic heterocycles. The molecule has 0 fully saturated rings. The topological polar surface area (TPSA) is 21.3 Å². The normalized spacial score (nSPS) is 11.4. The van der Waals surface area contributed by atoms with E-state index in [2.05, 4.69) is 216 Å². The van der Waals surface area contributed by atoms with Crippen molar-refractivity contribution in [2.24, 2.45) is 0 Å². The lowest BCUT2D eigenvalue weighted by Crippen LogP contribution is -2.09. The molecular formula is C50H34N2O. The van der Waals surface area contributed by atoms with Crippen LogP contribution >= 0.6 is 0 Å². The third-order valence-electron chi connectivity index (χ3n) is 10.2. The van der Waals surface area contributed by atoms with Gasteiger partial charge in [0.2, 0.25) is 0 Å². The van der Waals surface area contributed by atoms with Gasteiger partial charge in [-0.05, 0) is 94.5 Å². The van der Waals surface area contributed by atoms with Gasteiger partial charge < -0.3 is 13.9 Å². The summed E-state index contributed by atoms with van der Waals surface area (Å²) in [5.74, 6) is 0. The molecule has 2 heterocycles. The lowest BCUT2D eigenvalue weighted by Gasteiger charge is -2.26. The molecule has 0 spiro atoms. The van der Waals surface area contributed by atoms with Gasteiger partial charge in [0.05, 0.1) is 5.52 Å². The fraction of sp³-hybridized carbons (Fsp3) is 0. The van der Waals surface area contributed by atoms with Crippen LogP contribution in [0.25, 0.3) is 72.0 Å². The van der Waals surface area contributed by atoms with E-state index in [0.717, 1.165) is 66.8 Å². The minimum absolute atomic E-state index is 0.896. The van der Waals surface area contributed by atoms with Crippen molar-refractivity contribution >= 4 is 50.0 Å². The lowest BCUT2D eigenvalue weighted by atomic mass is 10.00. The number of nitrogens with zero attached hydrogens (tertiary/aromatic N) is 2. The van der Waals surface area contributed by atoms with Crippen LogP contribution in [0.5, 0.6) is 0 Å². The van der Waals surface area contributed by atoms with E-state index in [-0.39, 0.29) is 0 Å². The summed E-state index contributed by atoms with van der Waals surface area (Å²) in [5.41, 5.74) is 15.4. The van der Waals surface area contributed by atoms with E-state index in [4.69, 9.17) is 4.42 Å². The van der Waals surface area contributed by atoms with Crippen molar-refractivity contribution in [2.75, 3.05) is 4.90 Å². The Morgan fingerprint density at radius 1 is 0.340 bits per heavy atom. The number of fused-ring (bicyclic) bond motifs is 5. The van der Waals surface area contributed by atoms with Crippen molar-refractivity contribution in [3.63, 3.8) is 0 Å². The van der Waals surface area contributed by atoms with Crippen LogP contribution in [0, 0.1) is 0 Å². The van der Waals surface area contributed by atoms with Crippen LogP contribution in [-0.4, -0.2) is 4.57 Å². The number of benzene rings is 8. The number of hydrogen-bond acceptors (Lipinski definition) is 2. The second kappa shape index (κ2) is 12.9. The van der Waals surface area contributed by atoms with E-state index in [1.165, 1.54) is 22.3 Å². The highest BCUT2D eigenvalue weighted by molar-refractivity contribution is 6.18. The highest BCUT2D eigenvalue weighted by atomic mass is 16.3. The number of anilines is 3. The molecule has 0 aliphatic rings. The van der Waals surface area contributed by atoms with Crippen molar-refractivity contribution in [1.29, 1.82) is 0 Å². The van der Waals surface area contributed by atoms with Crippen molar-refractivity contribution < 1.29 is 4.42 Å². The van der Waals surface area contributed by atoms with Gasteiger partial charge in [0.1, 0.15) is 11.1 Å². The van der Waals surface area contributed by atoms with Gasteiger partial charge in [-0.1, -0.05) is 140 Å². The van der Waals surface area contributed by atoms with Crippen LogP contribution < -0.4 is 4.90 Å². The largest absolute Gasteiger partial charge is 0.453 e. The van der Waals surface area contributed by atoms with Crippen LogP contribution in [0.4, 0.5) is 17.1 Å². The summed E-state index contributed by atoms with van der Waals surface area (Å²) in [7, 11) is 0. The van der Waals surface area contributed by atoms with E-state index in [1.807, 2.05) is 0 Å². The molecule has 0 N–H and O–H groups in total. The van der Waals surface area contributed by atoms with E-state index >= 15 is 0 Å². The average molecular weight is 679 g/mol. The van der Waals surface area contributed by atoms with Crippen LogP contribution in [0.1, 0.15) is 0 Å². The molecular weight excluding hydrogens is 645 g/mol. The maximum atomic E-state index is 6.82. The van der Waals surface area contributed by atoms with E-state index in [1.54, 1.807) is 0 Å². The number of hydrogen-bond donors (Lipinski definition) is 0. The maximum absolute atomic E-state index is 6.82. The molecule has 0 unspecified atom stereocenters. The predicted molar refractivity (Wildman–Crippen MR) is 222 cm³/mol. The zero-order valence-corrected chi connectivity index (χ0v) is 28.9. The standard InChI is InChI=1S/C50H34N2O/c1-4-13-35(14-5-1)36-23-25-37(26-24-36)38-27-31-42(32-28-38)51(40-15-6-2-7-16-40)43-33-29-39(30-34-43)44-20-12-21-46-48-50(53-49(44)46)45-19-10-11-22-47(45)52(48)41-17-8-3-9-18-41/h1-34H. The number of aromatic nitrogens is 1. The van der Waals surface area contributed by atoms with E-state index in [9.17, 15) is 0 Å². The molecule has 0 bridgehead atoms. The third kappa shape index (κ3) is 5.38. The van der Waals surface area contributed by atoms with Crippen LogP contribution in [0.2, 0.25) is 0 Å². The van der Waals surface area contributed by atoms with Gasteiger partial charge in [-0.3, -0.25) is 0 Å². The minimum atomic E-state index is 0.896. The van der Waals surface area contributed by atoms with E-state index < -0.39 is 0 Å². The van der Waals surface area contributed by atoms with Gasteiger partial charge in [-0.15, -0.1) is 0 Å². The Morgan fingerprint density at radius 2 is 0.811 bits per heavy atom. The first kappa shape index (κ1) is 30.7. The summed E-state index contributed by atoms with van der Waals surface area (Å²) < 4.78 is 9.14. The Kier molecular flexibility index (Phi) is 7.47. The summed E-state index contributed by atoms with van der Waals surface area (Å²) in [4.78, 5) is 2.31. The predicted octanol–water partition coefficient (Wildman–Crippen LogP) is 14.0. The Bertz CT molecular complexity index is 2840. The first-order chi connectivity index (χ1) is 26.3. The number of rotatable bonds is 7. The molecule has 10 aromatic rings. The second-order valence-electron chi connectivity index (χ2n) is 13.4. The Hall–Kier alpha value is -7.10.